The molecule has 0 fully saturated rings. The van der Waals surface area contributed by atoms with Gasteiger partial charge in [-0.3, -0.25) is 0 Å². The average Bonchev–Trinajstić information content (AvgIpc) is 2.45. The molecular formula is C7H9Br2NO2S. The SMILES string of the molecule is CS(=O)(=O)n1ccc(CBr)c1CBr. The summed E-state index contributed by atoms with van der Waals surface area (Å²) < 4.78 is 23.8. The highest BCUT2D eigenvalue weighted by atomic mass is 79.9. The van der Waals surface area contributed by atoms with E-state index < -0.39 is 10.0 Å². The summed E-state index contributed by atoms with van der Waals surface area (Å²) in [6.45, 7) is 0. The average molecular weight is 331 g/mol. The number of hydrogen-bond donors (Lipinski definition) is 0. The van der Waals surface area contributed by atoms with Crippen LogP contribution in [0.2, 0.25) is 0 Å². The molecule has 0 saturated heterocycles. The van der Waals surface area contributed by atoms with Crippen LogP contribution >= 0.6 is 31.9 Å². The first-order valence-electron chi connectivity index (χ1n) is 3.52. The molecule has 1 aromatic heterocycles. The highest BCUT2D eigenvalue weighted by Crippen LogP contribution is 2.18. The van der Waals surface area contributed by atoms with Gasteiger partial charge >= 0.3 is 0 Å². The van der Waals surface area contributed by atoms with Crippen molar-refractivity contribution in [3.63, 3.8) is 0 Å². The fourth-order valence-corrected chi connectivity index (χ4v) is 3.23. The molecule has 0 N–H and O–H groups in total. The summed E-state index contributed by atoms with van der Waals surface area (Å²) in [7, 11) is -3.17. The van der Waals surface area contributed by atoms with Crippen LogP contribution in [0.15, 0.2) is 12.3 Å². The molecule has 74 valence electrons. The highest BCUT2D eigenvalue weighted by Gasteiger charge is 2.13. The summed E-state index contributed by atoms with van der Waals surface area (Å²) >= 11 is 6.57. The van der Waals surface area contributed by atoms with Gasteiger partial charge in [0.05, 0.1) is 6.26 Å². The summed E-state index contributed by atoms with van der Waals surface area (Å²) in [5.41, 5.74) is 1.77. The predicted octanol–water partition coefficient (Wildman–Crippen LogP) is 2.09. The zero-order valence-corrected chi connectivity index (χ0v) is 11.0. The molecular weight excluding hydrogens is 322 g/mol. The van der Waals surface area contributed by atoms with Crippen LogP contribution in [0.25, 0.3) is 0 Å². The second-order valence-electron chi connectivity index (χ2n) is 2.61. The third-order valence-electron chi connectivity index (χ3n) is 1.68. The smallest absolute Gasteiger partial charge is 0.235 e. The molecule has 1 rings (SSSR count). The molecule has 0 unspecified atom stereocenters. The number of alkyl halides is 2. The molecule has 6 heteroatoms. The molecule has 13 heavy (non-hydrogen) atoms. The molecule has 0 aliphatic heterocycles. The van der Waals surface area contributed by atoms with Crippen LogP contribution in [0, 0.1) is 0 Å². The van der Waals surface area contributed by atoms with Crippen molar-refractivity contribution in [2.75, 3.05) is 6.26 Å². The Kier molecular flexibility index (Phi) is 3.59. The minimum absolute atomic E-state index is 0.536. The largest absolute Gasteiger partial charge is 0.249 e. The van der Waals surface area contributed by atoms with E-state index >= 15 is 0 Å². The number of rotatable bonds is 3. The Morgan fingerprint density at radius 3 is 2.38 bits per heavy atom. The molecule has 0 atom stereocenters. The molecule has 3 nitrogen and oxygen atoms in total. The van der Waals surface area contributed by atoms with Gasteiger partial charge in [0.15, 0.2) is 0 Å². The molecule has 1 heterocycles. The van der Waals surface area contributed by atoms with Gasteiger partial charge < -0.3 is 0 Å². The molecule has 0 aliphatic rings. The van der Waals surface area contributed by atoms with E-state index in [0.29, 0.717) is 10.7 Å². The van der Waals surface area contributed by atoms with Gasteiger partial charge in [0.2, 0.25) is 10.0 Å². The van der Waals surface area contributed by atoms with Crippen LogP contribution < -0.4 is 0 Å². The summed E-state index contributed by atoms with van der Waals surface area (Å²) in [5, 5.41) is 1.20. The summed E-state index contributed by atoms with van der Waals surface area (Å²) in [4.78, 5) is 0. The number of hydrogen-bond acceptors (Lipinski definition) is 2. The number of halogens is 2. The van der Waals surface area contributed by atoms with Crippen molar-refractivity contribution in [3.05, 3.63) is 23.5 Å². The van der Waals surface area contributed by atoms with E-state index in [9.17, 15) is 8.42 Å². The Morgan fingerprint density at radius 2 is 2.00 bits per heavy atom. The van der Waals surface area contributed by atoms with Gasteiger partial charge in [-0.15, -0.1) is 0 Å². The van der Waals surface area contributed by atoms with Crippen LogP contribution in [0.4, 0.5) is 0 Å². The van der Waals surface area contributed by atoms with E-state index in [1.165, 1.54) is 10.2 Å². The third-order valence-corrected chi connectivity index (χ3v) is 3.87. The standard InChI is InChI=1S/C7H9Br2NO2S/c1-13(11,12)10-3-2-6(4-8)7(10)5-9/h2-3H,4-5H2,1H3. The van der Waals surface area contributed by atoms with E-state index in [2.05, 4.69) is 31.9 Å². The number of nitrogens with zero attached hydrogens (tertiary/aromatic N) is 1. The van der Waals surface area contributed by atoms with Gasteiger partial charge in [-0.1, -0.05) is 31.9 Å². The molecule has 0 bridgehead atoms. The molecule has 0 aliphatic carbocycles. The van der Waals surface area contributed by atoms with E-state index in [4.69, 9.17) is 0 Å². The summed E-state index contributed by atoms with van der Waals surface area (Å²) in [6.07, 6.45) is 2.76. The monoisotopic (exact) mass is 329 g/mol. The van der Waals surface area contributed by atoms with Crippen LogP contribution in [-0.4, -0.2) is 18.6 Å². The minimum atomic E-state index is -3.17. The van der Waals surface area contributed by atoms with Crippen molar-refractivity contribution >= 4 is 41.9 Å². The van der Waals surface area contributed by atoms with E-state index in [1.54, 1.807) is 12.3 Å². The van der Waals surface area contributed by atoms with Crippen molar-refractivity contribution in [1.82, 2.24) is 3.97 Å². The van der Waals surface area contributed by atoms with Crippen molar-refractivity contribution in [2.45, 2.75) is 10.7 Å². The van der Waals surface area contributed by atoms with E-state index in [-0.39, 0.29) is 0 Å². The quantitative estimate of drug-likeness (QED) is 0.796. The zero-order chi connectivity index (χ0) is 10.1. The first kappa shape index (κ1) is 11.3. The van der Waals surface area contributed by atoms with E-state index in [0.717, 1.165) is 11.3 Å². The topological polar surface area (TPSA) is 39.1 Å². The van der Waals surface area contributed by atoms with Crippen LogP contribution in [0.3, 0.4) is 0 Å². The van der Waals surface area contributed by atoms with Crippen LogP contribution in [0.5, 0.6) is 0 Å². The molecule has 0 spiro atoms. The Balaban J connectivity index is 3.32. The number of aromatic nitrogens is 1. The molecule has 0 radical (unpaired) electrons. The second-order valence-corrected chi connectivity index (χ2v) is 5.59. The molecule has 0 saturated carbocycles. The summed E-state index contributed by atoms with van der Waals surface area (Å²) in [6, 6.07) is 1.80. The summed E-state index contributed by atoms with van der Waals surface area (Å²) in [5.74, 6) is 0. The van der Waals surface area contributed by atoms with Crippen molar-refractivity contribution in [2.24, 2.45) is 0 Å². The molecule has 1 aromatic rings. The molecule has 0 amide bonds. The van der Waals surface area contributed by atoms with Crippen molar-refractivity contribution < 1.29 is 8.42 Å². The van der Waals surface area contributed by atoms with Gasteiger partial charge in [0.1, 0.15) is 0 Å². The third kappa shape index (κ3) is 2.35. The lowest BCUT2D eigenvalue weighted by atomic mass is 10.3. The Morgan fingerprint density at radius 1 is 1.38 bits per heavy atom. The Bertz CT molecular complexity index is 397. The minimum Gasteiger partial charge on any atom is -0.249 e. The van der Waals surface area contributed by atoms with Gasteiger partial charge in [0.25, 0.3) is 0 Å². The maximum absolute atomic E-state index is 11.3. The lowest BCUT2D eigenvalue weighted by Crippen LogP contribution is -2.11. The Hall–Kier alpha value is 0.190. The Labute approximate surface area is 94.4 Å². The fraction of sp³-hybridized carbons (Fsp3) is 0.429. The van der Waals surface area contributed by atoms with Gasteiger partial charge in [-0.05, 0) is 11.6 Å². The first-order valence-corrected chi connectivity index (χ1v) is 7.61. The van der Waals surface area contributed by atoms with Crippen molar-refractivity contribution in [1.29, 1.82) is 0 Å². The lowest BCUT2D eigenvalue weighted by molar-refractivity contribution is 0.592. The normalized spacial score (nSPS) is 11.9. The first-order chi connectivity index (χ1) is 6.00. The maximum Gasteiger partial charge on any atom is 0.235 e. The lowest BCUT2D eigenvalue weighted by Gasteiger charge is -2.05. The van der Waals surface area contributed by atoms with Gasteiger partial charge in [-0.2, -0.15) is 0 Å². The van der Waals surface area contributed by atoms with Gasteiger partial charge in [0, 0.05) is 22.6 Å². The van der Waals surface area contributed by atoms with Crippen molar-refractivity contribution in [3.8, 4) is 0 Å². The van der Waals surface area contributed by atoms with Crippen LogP contribution in [-0.2, 0) is 20.7 Å². The van der Waals surface area contributed by atoms with Gasteiger partial charge in [-0.25, -0.2) is 12.4 Å². The van der Waals surface area contributed by atoms with E-state index in [1.807, 2.05) is 0 Å². The molecule has 0 aromatic carbocycles. The highest BCUT2D eigenvalue weighted by molar-refractivity contribution is 9.09. The maximum atomic E-state index is 11.3. The van der Waals surface area contributed by atoms with Crippen LogP contribution in [0.1, 0.15) is 11.3 Å². The fourth-order valence-electron chi connectivity index (χ4n) is 1.06. The zero-order valence-electron chi connectivity index (χ0n) is 7.00. The predicted molar refractivity (Wildman–Crippen MR) is 59.9 cm³/mol. The second kappa shape index (κ2) is 4.14.